The van der Waals surface area contributed by atoms with Crippen LogP contribution in [0.5, 0.6) is 5.75 Å². The lowest BCUT2D eigenvalue weighted by Crippen LogP contribution is -2.33. The van der Waals surface area contributed by atoms with Crippen molar-refractivity contribution in [3.8, 4) is 5.75 Å². The summed E-state index contributed by atoms with van der Waals surface area (Å²) >= 11 is 6.37. The number of carbonyl (C=O) groups excluding carboxylic acids is 1. The highest BCUT2D eigenvalue weighted by Gasteiger charge is 2.10. The standard InChI is InChI=1S/C13H18N2O2S2/c1-15(8-7-12(14)18)13(16)9-17-10-5-3-4-6-11(10)19-2/h3-6H,7-9H2,1-2H3,(H2,14,18). The van der Waals surface area contributed by atoms with Crippen LogP contribution in [0.3, 0.4) is 0 Å². The molecule has 0 spiro atoms. The Morgan fingerprint density at radius 3 is 2.79 bits per heavy atom. The number of amides is 1. The van der Waals surface area contributed by atoms with Crippen LogP contribution in [-0.4, -0.2) is 42.3 Å². The van der Waals surface area contributed by atoms with Crippen molar-refractivity contribution in [2.24, 2.45) is 5.73 Å². The molecule has 0 atom stereocenters. The van der Waals surface area contributed by atoms with Gasteiger partial charge < -0.3 is 15.4 Å². The third kappa shape index (κ3) is 5.48. The lowest BCUT2D eigenvalue weighted by Gasteiger charge is -2.17. The fourth-order valence-electron chi connectivity index (χ4n) is 1.39. The summed E-state index contributed by atoms with van der Waals surface area (Å²) < 4.78 is 5.54. The van der Waals surface area contributed by atoms with E-state index in [1.54, 1.807) is 23.7 Å². The second-order valence-corrected chi connectivity index (χ2v) is 5.34. The summed E-state index contributed by atoms with van der Waals surface area (Å²) in [5.41, 5.74) is 5.40. The summed E-state index contributed by atoms with van der Waals surface area (Å²) in [6.45, 7) is 0.535. The summed E-state index contributed by atoms with van der Waals surface area (Å²) in [6, 6.07) is 7.64. The molecule has 0 radical (unpaired) electrons. The number of thioether (sulfide) groups is 1. The molecule has 0 saturated heterocycles. The molecule has 6 heteroatoms. The number of para-hydroxylation sites is 1. The van der Waals surface area contributed by atoms with Crippen LogP contribution in [0.25, 0.3) is 0 Å². The Bertz CT molecular complexity index is 452. The largest absolute Gasteiger partial charge is 0.483 e. The van der Waals surface area contributed by atoms with E-state index in [4.69, 9.17) is 22.7 Å². The molecule has 0 unspecified atom stereocenters. The molecule has 0 aliphatic carbocycles. The third-order valence-electron chi connectivity index (χ3n) is 2.54. The second kappa shape index (κ2) is 8.01. The van der Waals surface area contributed by atoms with Gasteiger partial charge in [0.1, 0.15) is 5.75 Å². The minimum absolute atomic E-state index is 0.0193. The minimum Gasteiger partial charge on any atom is -0.483 e. The number of ether oxygens (including phenoxy) is 1. The molecule has 4 nitrogen and oxygen atoms in total. The first-order valence-corrected chi connectivity index (χ1v) is 7.46. The van der Waals surface area contributed by atoms with Crippen molar-refractivity contribution < 1.29 is 9.53 Å². The summed E-state index contributed by atoms with van der Waals surface area (Å²) in [4.78, 5) is 14.8. The number of likely N-dealkylation sites (N-methyl/N-ethyl adjacent to an activating group) is 1. The molecule has 0 heterocycles. The van der Waals surface area contributed by atoms with E-state index < -0.39 is 0 Å². The molecule has 0 fully saturated rings. The van der Waals surface area contributed by atoms with Crippen LogP contribution in [-0.2, 0) is 4.79 Å². The van der Waals surface area contributed by atoms with Crippen molar-refractivity contribution in [1.29, 1.82) is 0 Å². The lowest BCUT2D eigenvalue weighted by molar-refractivity contribution is -0.132. The monoisotopic (exact) mass is 298 g/mol. The third-order valence-corrected chi connectivity index (χ3v) is 3.52. The van der Waals surface area contributed by atoms with Gasteiger partial charge in [-0.25, -0.2) is 0 Å². The van der Waals surface area contributed by atoms with E-state index in [9.17, 15) is 4.79 Å². The summed E-state index contributed by atoms with van der Waals surface area (Å²) in [7, 11) is 1.71. The van der Waals surface area contributed by atoms with Gasteiger partial charge in [-0.3, -0.25) is 4.79 Å². The molecule has 0 aliphatic rings. The first-order valence-electron chi connectivity index (χ1n) is 5.82. The average molecular weight is 298 g/mol. The molecular formula is C13H18N2O2S2. The van der Waals surface area contributed by atoms with Crippen molar-refractivity contribution >= 4 is 34.9 Å². The highest BCUT2D eigenvalue weighted by molar-refractivity contribution is 7.98. The molecule has 0 saturated carbocycles. The molecule has 0 bridgehead atoms. The summed E-state index contributed by atoms with van der Waals surface area (Å²) in [5, 5.41) is 0. The Hall–Kier alpha value is -1.27. The lowest BCUT2D eigenvalue weighted by atomic mass is 10.3. The van der Waals surface area contributed by atoms with Gasteiger partial charge in [0.05, 0.1) is 4.99 Å². The fourth-order valence-corrected chi connectivity index (χ4v) is 2.02. The molecule has 0 aliphatic heterocycles. The zero-order valence-corrected chi connectivity index (χ0v) is 12.7. The van der Waals surface area contributed by atoms with Gasteiger partial charge in [0.2, 0.25) is 0 Å². The first kappa shape index (κ1) is 15.8. The van der Waals surface area contributed by atoms with Crippen LogP contribution in [0.2, 0.25) is 0 Å². The van der Waals surface area contributed by atoms with Gasteiger partial charge >= 0.3 is 0 Å². The normalized spacial score (nSPS) is 10.0. The number of carbonyl (C=O) groups is 1. The number of hydrogen-bond acceptors (Lipinski definition) is 4. The predicted octanol–water partition coefficient (Wildman–Crippen LogP) is 1.92. The van der Waals surface area contributed by atoms with Crippen LogP contribution >= 0.6 is 24.0 Å². The SMILES string of the molecule is CSc1ccccc1OCC(=O)N(C)CCC(N)=S. The van der Waals surface area contributed by atoms with Gasteiger partial charge in [-0.05, 0) is 18.4 Å². The Kier molecular flexibility index (Phi) is 6.66. The van der Waals surface area contributed by atoms with Gasteiger partial charge in [-0.15, -0.1) is 11.8 Å². The average Bonchev–Trinajstić information content (AvgIpc) is 2.42. The number of nitrogens with two attached hydrogens (primary N) is 1. The van der Waals surface area contributed by atoms with Crippen molar-refractivity contribution in [2.45, 2.75) is 11.3 Å². The van der Waals surface area contributed by atoms with Crippen LogP contribution < -0.4 is 10.5 Å². The molecule has 2 N–H and O–H groups in total. The smallest absolute Gasteiger partial charge is 0.260 e. The molecule has 1 rings (SSSR count). The van der Waals surface area contributed by atoms with E-state index in [2.05, 4.69) is 0 Å². The van der Waals surface area contributed by atoms with E-state index in [-0.39, 0.29) is 12.5 Å². The number of nitrogens with zero attached hydrogens (tertiary/aromatic N) is 1. The number of benzene rings is 1. The van der Waals surface area contributed by atoms with Crippen molar-refractivity contribution in [3.05, 3.63) is 24.3 Å². The van der Waals surface area contributed by atoms with Crippen molar-refractivity contribution in [2.75, 3.05) is 26.5 Å². The fraction of sp³-hybridized carbons (Fsp3) is 0.385. The van der Waals surface area contributed by atoms with Crippen LogP contribution in [0.4, 0.5) is 0 Å². The Morgan fingerprint density at radius 2 is 2.16 bits per heavy atom. The highest BCUT2D eigenvalue weighted by atomic mass is 32.2. The van der Waals surface area contributed by atoms with Gasteiger partial charge in [0.15, 0.2) is 6.61 Å². The molecule has 104 valence electrons. The van der Waals surface area contributed by atoms with E-state index in [1.807, 2.05) is 30.5 Å². The van der Waals surface area contributed by atoms with Crippen molar-refractivity contribution in [3.63, 3.8) is 0 Å². The van der Waals surface area contributed by atoms with Crippen LogP contribution in [0.15, 0.2) is 29.2 Å². The van der Waals surface area contributed by atoms with E-state index in [1.165, 1.54) is 0 Å². The van der Waals surface area contributed by atoms with Crippen LogP contribution in [0, 0.1) is 0 Å². The number of hydrogen-bond donors (Lipinski definition) is 1. The van der Waals surface area contributed by atoms with Crippen molar-refractivity contribution in [1.82, 2.24) is 4.90 Å². The quantitative estimate of drug-likeness (QED) is 0.616. The molecule has 1 aromatic rings. The predicted molar refractivity (Wildman–Crippen MR) is 82.8 cm³/mol. The van der Waals surface area contributed by atoms with Gasteiger partial charge in [-0.1, -0.05) is 24.4 Å². The van der Waals surface area contributed by atoms with Crippen LogP contribution in [0.1, 0.15) is 6.42 Å². The molecule has 1 amide bonds. The maximum absolute atomic E-state index is 11.8. The maximum Gasteiger partial charge on any atom is 0.260 e. The molecule has 0 aromatic heterocycles. The topological polar surface area (TPSA) is 55.6 Å². The number of thiocarbonyl (C=S) groups is 1. The maximum atomic E-state index is 11.8. The van der Waals surface area contributed by atoms with E-state index in [0.717, 1.165) is 10.6 Å². The summed E-state index contributed by atoms with van der Waals surface area (Å²) in [6.07, 6.45) is 2.50. The highest BCUT2D eigenvalue weighted by Crippen LogP contribution is 2.26. The zero-order chi connectivity index (χ0) is 14.3. The van der Waals surface area contributed by atoms with E-state index >= 15 is 0 Å². The molecular weight excluding hydrogens is 280 g/mol. The number of rotatable bonds is 7. The second-order valence-electron chi connectivity index (χ2n) is 3.97. The van der Waals surface area contributed by atoms with E-state index in [0.29, 0.717) is 18.0 Å². The Labute approximate surface area is 123 Å². The van der Waals surface area contributed by atoms with Gasteiger partial charge in [0, 0.05) is 24.9 Å². The Balaban J connectivity index is 2.47. The Morgan fingerprint density at radius 1 is 1.47 bits per heavy atom. The summed E-state index contributed by atoms with van der Waals surface area (Å²) in [5.74, 6) is 0.637. The minimum atomic E-state index is -0.0906. The van der Waals surface area contributed by atoms with Gasteiger partial charge in [0.25, 0.3) is 5.91 Å². The molecule has 1 aromatic carbocycles. The first-order chi connectivity index (χ1) is 9.04. The molecule has 19 heavy (non-hydrogen) atoms. The van der Waals surface area contributed by atoms with Gasteiger partial charge in [-0.2, -0.15) is 0 Å². The zero-order valence-electron chi connectivity index (χ0n) is 11.1.